The molecule has 2 N–H and O–H groups in total. The molecule has 0 aromatic heterocycles. The maximum absolute atomic E-state index is 12.7. The number of carbonyl (C=O) groups is 1. The van der Waals surface area contributed by atoms with Crippen LogP contribution in [0.3, 0.4) is 0 Å². The largest absolute Gasteiger partial charge is 0.356 e. The molecule has 3 nitrogen and oxygen atoms in total. The second-order valence-electron chi connectivity index (χ2n) is 4.59. The molecule has 0 saturated carbocycles. The van der Waals surface area contributed by atoms with Gasteiger partial charge in [-0.05, 0) is 24.1 Å². The van der Waals surface area contributed by atoms with E-state index in [4.69, 9.17) is 0 Å². The zero-order chi connectivity index (χ0) is 13.4. The number of benzene rings is 1. The maximum atomic E-state index is 12.7. The summed E-state index contributed by atoms with van der Waals surface area (Å²) in [6.07, 6.45) is 1.21. The molecule has 0 heterocycles. The van der Waals surface area contributed by atoms with Gasteiger partial charge in [-0.2, -0.15) is 0 Å². The third-order valence-electron chi connectivity index (χ3n) is 2.55. The lowest BCUT2D eigenvalue weighted by molar-refractivity contribution is -0.120. The van der Waals surface area contributed by atoms with E-state index in [1.165, 1.54) is 12.1 Å². The molecule has 0 spiro atoms. The van der Waals surface area contributed by atoms with E-state index in [0.717, 1.165) is 12.0 Å². The summed E-state index contributed by atoms with van der Waals surface area (Å²) >= 11 is 0. The Morgan fingerprint density at radius 3 is 2.50 bits per heavy atom. The second kappa shape index (κ2) is 7.82. The van der Waals surface area contributed by atoms with Crippen molar-refractivity contribution in [2.24, 2.45) is 0 Å². The van der Waals surface area contributed by atoms with Crippen LogP contribution in [0.5, 0.6) is 0 Å². The molecule has 0 fully saturated rings. The van der Waals surface area contributed by atoms with Gasteiger partial charge in [0.05, 0.1) is 0 Å². The molecule has 0 aliphatic rings. The number of hydrogen-bond donors (Lipinski definition) is 2. The lowest BCUT2D eigenvalue weighted by Gasteiger charge is -2.08. The predicted octanol–water partition coefficient (Wildman–Crippen LogP) is 1.87. The van der Waals surface area contributed by atoms with Gasteiger partial charge in [0.2, 0.25) is 5.91 Å². The first-order valence-electron chi connectivity index (χ1n) is 6.32. The fraction of sp³-hybridized carbons (Fsp3) is 0.500. The normalized spacial score (nSPS) is 10.7. The third kappa shape index (κ3) is 6.35. The Morgan fingerprint density at radius 2 is 1.89 bits per heavy atom. The van der Waals surface area contributed by atoms with Crippen molar-refractivity contribution in [2.45, 2.75) is 32.7 Å². The summed E-state index contributed by atoms with van der Waals surface area (Å²) < 4.78 is 12.7. The van der Waals surface area contributed by atoms with Crippen molar-refractivity contribution in [3.63, 3.8) is 0 Å². The summed E-state index contributed by atoms with van der Waals surface area (Å²) in [6.45, 7) is 5.38. The van der Waals surface area contributed by atoms with E-state index in [1.54, 1.807) is 12.1 Å². The lowest BCUT2D eigenvalue weighted by Crippen LogP contribution is -2.31. The van der Waals surface area contributed by atoms with Crippen molar-refractivity contribution in [1.82, 2.24) is 10.6 Å². The van der Waals surface area contributed by atoms with Gasteiger partial charge in [0, 0.05) is 25.6 Å². The number of carbonyl (C=O) groups excluding carboxylic acids is 1. The monoisotopic (exact) mass is 252 g/mol. The maximum Gasteiger partial charge on any atom is 0.221 e. The zero-order valence-corrected chi connectivity index (χ0v) is 11.0. The number of nitrogens with one attached hydrogen (secondary N) is 2. The van der Waals surface area contributed by atoms with Crippen LogP contribution in [0.2, 0.25) is 0 Å². The molecule has 1 rings (SSSR count). The molecule has 1 amide bonds. The van der Waals surface area contributed by atoms with E-state index < -0.39 is 0 Å². The van der Waals surface area contributed by atoms with Crippen molar-refractivity contribution < 1.29 is 9.18 Å². The minimum absolute atomic E-state index is 0.0465. The summed E-state index contributed by atoms with van der Waals surface area (Å²) in [5.74, 6) is -0.187. The number of hydrogen-bond acceptors (Lipinski definition) is 2. The van der Waals surface area contributed by atoms with E-state index in [2.05, 4.69) is 10.6 Å². The van der Waals surface area contributed by atoms with Gasteiger partial charge < -0.3 is 10.6 Å². The second-order valence-corrected chi connectivity index (χ2v) is 4.59. The summed E-state index contributed by atoms with van der Waals surface area (Å²) in [4.78, 5) is 11.5. The summed E-state index contributed by atoms with van der Waals surface area (Å²) in [5.41, 5.74) is 1.03. The van der Waals surface area contributed by atoms with Crippen molar-refractivity contribution in [3.05, 3.63) is 35.6 Å². The molecule has 100 valence electrons. The van der Waals surface area contributed by atoms with Crippen molar-refractivity contribution >= 4 is 5.91 Å². The number of rotatable bonds is 7. The average Bonchev–Trinajstić information content (AvgIpc) is 2.31. The van der Waals surface area contributed by atoms with Gasteiger partial charge in [0.1, 0.15) is 5.82 Å². The van der Waals surface area contributed by atoms with Crippen LogP contribution in [0.15, 0.2) is 24.3 Å². The van der Waals surface area contributed by atoms with Gasteiger partial charge >= 0.3 is 0 Å². The number of halogens is 1. The van der Waals surface area contributed by atoms with E-state index in [1.807, 2.05) is 13.8 Å². The van der Waals surface area contributed by atoms with Crippen molar-refractivity contribution in [1.29, 1.82) is 0 Å². The first kappa shape index (κ1) is 14.6. The molecule has 1 aromatic rings. The minimum atomic E-state index is -0.234. The van der Waals surface area contributed by atoms with E-state index in [9.17, 15) is 9.18 Å². The number of amides is 1. The Kier molecular flexibility index (Phi) is 6.36. The Hall–Kier alpha value is -1.42. The van der Waals surface area contributed by atoms with Crippen LogP contribution < -0.4 is 10.6 Å². The standard InChI is InChI=1S/C14H21FN2O/c1-11(2)16-10-8-14(18)17-9-7-12-3-5-13(15)6-4-12/h3-6,11,16H,7-10H2,1-2H3,(H,17,18). The van der Waals surface area contributed by atoms with Crippen LogP contribution in [-0.2, 0) is 11.2 Å². The van der Waals surface area contributed by atoms with E-state index in [-0.39, 0.29) is 11.7 Å². The van der Waals surface area contributed by atoms with E-state index >= 15 is 0 Å². The molecule has 1 aromatic carbocycles. The average molecular weight is 252 g/mol. The molecule has 18 heavy (non-hydrogen) atoms. The van der Waals surface area contributed by atoms with E-state index in [0.29, 0.717) is 25.6 Å². The Morgan fingerprint density at radius 1 is 1.22 bits per heavy atom. The zero-order valence-electron chi connectivity index (χ0n) is 11.0. The molecule has 0 aliphatic carbocycles. The summed E-state index contributed by atoms with van der Waals surface area (Å²) in [6, 6.07) is 6.74. The van der Waals surface area contributed by atoms with Gasteiger partial charge in [0.25, 0.3) is 0 Å². The van der Waals surface area contributed by atoms with Crippen LogP contribution in [0.4, 0.5) is 4.39 Å². The quantitative estimate of drug-likeness (QED) is 0.778. The van der Waals surface area contributed by atoms with Crippen molar-refractivity contribution in [3.8, 4) is 0 Å². The van der Waals surface area contributed by atoms with Crippen LogP contribution >= 0.6 is 0 Å². The highest BCUT2D eigenvalue weighted by atomic mass is 19.1. The molecule has 0 unspecified atom stereocenters. The molecule has 4 heteroatoms. The van der Waals surface area contributed by atoms with Gasteiger partial charge in [-0.1, -0.05) is 26.0 Å². The first-order valence-corrected chi connectivity index (χ1v) is 6.32. The molecule has 0 aliphatic heterocycles. The van der Waals surface area contributed by atoms with Crippen LogP contribution in [0, 0.1) is 5.82 Å². The highest BCUT2D eigenvalue weighted by Gasteiger charge is 2.01. The molecular weight excluding hydrogens is 231 g/mol. The Bertz CT molecular complexity index is 363. The molecular formula is C14H21FN2O. The third-order valence-corrected chi connectivity index (χ3v) is 2.55. The molecule has 0 saturated heterocycles. The summed E-state index contributed by atoms with van der Waals surface area (Å²) in [5, 5.41) is 6.04. The fourth-order valence-corrected chi connectivity index (χ4v) is 1.56. The smallest absolute Gasteiger partial charge is 0.221 e. The highest BCUT2D eigenvalue weighted by Crippen LogP contribution is 2.02. The molecule has 0 radical (unpaired) electrons. The molecule has 0 atom stereocenters. The van der Waals surface area contributed by atoms with Gasteiger partial charge in [-0.15, -0.1) is 0 Å². The van der Waals surface area contributed by atoms with Gasteiger partial charge in [-0.25, -0.2) is 4.39 Å². The fourth-order valence-electron chi connectivity index (χ4n) is 1.56. The predicted molar refractivity (Wildman–Crippen MR) is 70.9 cm³/mol. The van der Waals surface area contributed by atoms with Crippen LogP contribution in [0.1, 0.15) is 25.8 Å². The van der Waals surface area contributed by atoms with Gasteiger partial charge in [0.15, 0.2) is 0 Å². The Balaban J connectivity index is 2.13. The van der Waals surface area contributed by atoms with Crippen LogP contribution in [0.25, 0.3) is 0 Å². The summed E-state index contributed by atoms with van der Waals surface area (Å²) in [7, 11) is 0. The van der Waals surface area contributed by atoms with Crippen molar-refractivity contribution in [2.75, 3.05) is 13.1 Å². The SMILES string of the molecule is CC(C)NCCC(=O)NCCc1ccc(F)cc1. The Labute approximate surface area is 108 Å². The highest BCUT2D eigenvalue weighted by molar-refractivity contribution is 5.76. The minimum Gasteiger partial charge on any atom is -0.356 e. The first-order chi connectivity index (χ1) is 8.58. The molecule has 0 bridgehead atoms. The van der Waals surface area contributed by atoms with Gasteiger partial charge in [-0.3, -0.25) is 4.79 Å². The topological polar surface area (TPSA) is 41.1 Å². The van der Waals surface area contributed by atoms with Crippen LogP contribution in [-0.4, -0.2) is 25.0 Å². The lowest BCUT2D eigenvalue weighted by atomic mass is 10.1.